The molecule has 2 aliphatic rings. The van der Waals surface area contributed by atoms with Crippen molar-refractivity contribution in [2.75, 3.05) is 32.8 Å². The van der Waals surface area contributed by atoms with Gasteiger partial charge in [-0.25, -0.2) is 4.79 Å². The Balaban J connectivity index is 0.00000128. The van der Waals surface area contributed by atoms with Gasteiger partial charge in [-0.1, -0.05) is 12.7 Å². The molecule has 0 bridgehead atoms. The van der Waals surface area contributed by atoms with Gasteiger partial charge in [-0.15, -0.1) is 12.4 Å². The number of ether oxygens (including phenoxy) is 1. The van der Waals surface area contributed by atoms with Crippen LogP contribution in [0, 0.1) is 5.41 Å². The number of likely N-dealkylation sites (tertiary alicyclic amines) is 1. The molecular formula is C11H19ClN2O2. The highest BCUT2D eigenvalue weighted by atomic mass is 35.5. The molecular weight excluding hydrogens is 228 g/mol. The zero-order chi connectivity index (χ0) is 10.7. The van der Waals surface area contributed by atoms with Crippen molar-refractivity contribution < 1.29 is 9.53 Å². The summed E-state index contributed by atoms with van der Waals surface area (Å²) in [5.41, 5.74) is 0.387. The second-order valence-electron chi connectivity index (χ2n) is 4.47. The Bertz CT molecular complexity index is 257. The van der Waals surface area contributed by atoms with E-state index in [1.54, 1.807) is 11.0 Å². The SMILES string of the molecule is C=CCOC(=O)N1CC2(CCNCC2)C1.Cl. The molecule has 0 radical (unpaired) electrons. The molecule has 2 fully saturated rings. The largest absolute Gasteiger partial charge is 0.445 e. The Labute approximate surface area is 102 Å². The van der Waals surface area contributed by atoms with Crippen LogP contribution in [0.2, 0.25) is 0 Å². The predicted octanol–water partition coefficient (Wildman–Crippen LogP) is 1.42. The van der Waals surface area contributed by atoms with Crippen LogP contribution in [0.15, 0.2) is 12.7 Å². The summed E-state index contributed by atoms with van der Waals surface area (Å²) in [6, 6.07) is 0. The maximum atomic E-state index is 11.5. The van der Waals surface area contributed by atoms with E-state index in [0.717, 1.165) is 26.2 Å². The Kier molecular flexibility index (Phi) is 4.62. The first-order chi connectivity index (χ1) is 7.26. The van der Waals surface area contributed by atoms with Crippen molar-refractivity contribution in [1.82, 2.24) is 10.2 Å². The van der Waals surface area contributed by atoms with E-state index in [0.29, 0.717) is 12.0 Å². The van der Waals surface area contributed by atoms with Crippen LogP contribution in [0.1, 0.15) is 12.8 Å². The third-order valence-electron chi connectivity index (χ3n) is 3.30. The molecule has 2 saturated heterocycles. The monoisotopic (exact) mass is 246 g/mol. The number of amides is 1. The van der Waals surface area contributed by atoms with Crippen molar-refractivity contribution in [2.24, 2.45) is 5.41 Å². The number of hydrogen-bond acceptors (Lipinski definition) is 3. The molecule has 1 N–H and O–H groups in total. The van der Waals surface area contributed by atoms with Crippen LogP contribution in [0.25, 0.3) is 0 Å². The number of piperidine rings is 1. The first-order valence-corrected chi connectivity index (χ1v) is 5.49. The van der Waals surface area contributed by atoms with Crippen molar-refractivity contribution in [3.63, 3.8) is 0 Å². The third kappa shape index (κ3) is 2.68. The molecule has 0 aromatic carbocycles. The Morgan fingerprint density at radius 2 is 2.06 bits per heavy atom. The van der Waals surface area contributed by atoms with Crippen LogP contribution in [-0.2, 0) is 4.74 Å². The van der Waals surface area contributed by atoms with Crippen LogP contribution in [0.5, 0.6) is 0 Å². The molecule has 2 aliphatic heterocycles. The van der Waals surface area contributed by atoms with E-state index >= 15 is 0 Å². The lowest BCUT2D eigenvalue weighted by molar-refractivity contribution is -0.0188. The summed E-state index contributed by atoms with van der Waals surface area (Å²) in [6.07, 6.45) is 3.76. The number of nitrogens with zero attached hydrogens (tertiary/aromatic N) is 1. The minimum Gasteiger partial charge on any atom is -0.445 e. The molecule has 0 unspecified atom stereocenters. The number of carbonyl (C=O) groups is 1. The van der Waals surface area contributed by atoms with Crippen molar-refractivity contribution in [3.05, 3.63) is 12.7 Å². The summed E-state index contributed by atoms with van der Waals surface area (Å²) in [6.45, 7) is 7.71. The van der Waals surface area contributed by atoms with Gasteiger partial charge in [-0.05, 0) is 25.9 Å². The molecule has 0 aromatic heterocycles. The Hall–Kier alpha value is -0.740. The van der Waals surface area contributed by atoms with Gasteiger partial charge >= 0.3 is 6.09 Å². The quantitative estimate of drug-likeness (QED) is 0.750. The lowest BCUT2D eigenvalue weighted by Crippen LogP contribution is -2.61. The lowest BCUT2D eigenvalue weighted by atomic mass is 9.73. The fraction of sp³-hybridized carbons (Fsp3) is 0.727. The van der Waals surface area contributed by atoms with Crippen molar-refractivity contribution in [2.45, 2.75) is 12.8 Å². The molecule has 0 aliphatic carbocycles. The average molecular weight is 247 g/mol. The van der Waals surface area contributed by atoms with Gasteiger partial charge in [-0.2, -0.15) is 0 Å². The minimum atomic E-state index is -0.195. The Morgan fingerprint density at radius 3 is 2.62 bits per heavy atom. The van der Waals surface area contributed by atoms with E-state index in [2.05, 4.69) is 11.9 Å². The van der Waals surface area contributed by atoms with Gasteiger partial charge in [0.2, 0.25) is 0 Å². The van der Waals surface area contributed by atoms with Crippen molar-refractivity contribution in [3.8, 4) is 0 Å². The van der Waals surface area contributed by atoms with E-state index < -0.39 is 0 Å². The maximum absolute atomic E-state index is 11.5. The van der Waals surface area contributed by atoms with Gasteiger partial charge in [-0.3, -0.25) is 0 Å². The third-order valence-corrected chi connectivity index (χ3v) is 3.30. The smallest absolute Gasteiger partial charge is 0.410 e. The molecule has 92 valence electrons. The molecule has 1 amide bonds. The standard InChI is InChI=1S/C11H18N2O2.ClH/c1-2-7-15-10(14)13-8-11(9-13)3-5-12-6-4-11;/h2,12H,1,3-9H2;1H. The summed E-state index contributed by atoms with van der Waals surface area (Å²) in [5.74, 6) is 0. The zero-order valence-electron chi connectivity index (χ0n) is 9.41. The second-order valence-corrected chi connectivity index (χ2v) is 4.47. The number of rotatable bonds is 2. The van der Waals surface area contributed by atoms with E-state index in [9.17, 15) is 4.79 Å². The van der Waals surface area contributed by atoms with Crippen molar-refractivity contribution >= 4 is 18.5 Å². The van der Waals surface area contributed by atoms with Gasteiger partial charge in [0.25, 0.3) is 0 Å². The number of nitrogens with one attached hydrogen (secondary N) is 1. The molecule has 5 heteroatoms. The van der Waals surface area contributed by atoms with Crippen LogP contribution < -0.4 is 5.32 Å². The molecule has 2 heterocycles. The molecule has 16 heavy (non-hydrogen) atoms. The predicted molar refractivity (Wildman–Crippen MR) is 64.9 cm³/mol. The highest BCUT2D eigenvalue weighted by Crippen LogP contribution is 2.38. The molecule has 0 saturated carbocycles. The zero-order valence-corrected chi connectivity index (χ0v) is 10.2. The minimum absolute atomic E-state index is 0. The van der Waals surface area contributed by atoms with Crippen LogP contribution in [0.4, 0.5) is 4.79 Å². The van der Waals surface area contributed by atoms with Gasteiger partial charge in [0, 0.05) is 18.5 Å². The summed E-state index contributed by atoms with van der Waals surface area (Å²) in [5, 5.41) is 3.34. The fourth-order valence-electron chi connectivity index (χ4n) is 2.39. The van der Waals surface area contributed by atoms with Crippen LogP contribution >= 0.6 is 12.4 Å². The lowest BCUT2D eigenvalue weighted by Gasteiger charge is -2.51. The second kappa shape index (κ2) is 5.55. The summed E-state index contributed by atoms with van der Waals surface area (Å²) >= 11 is 0. The first-order valence-electron chi connectivity index (χ1n) is 5.49. The summed E-state index contributed by atoms with van der Waals surface area (Å²) in [4.78, 5) is 13.2. The summed E-state index contributed by atoms with van der Waals surface area (Å²) < 4.78 is 4.98. The van der Waals surface area contributed by atoms with E-state index in [-0.39, 0.29) is 18.5 Å². The number of carbonyl (C=O) groups excluding carboxylic acids is 1. The topological polar surface area (TPSA) is 41.6 Å². The van der Waals surface area contributed by atoms with Crippen LogP contribution in [0.3, 0.4) is 0 Å². The van der Waals surface area contributed by atoms with E-state index in [4.69, 9.17) is 4.74 Å². The van der Waals surface area contributed by atoms with Crippen LogP contribution in [-0.4, -0.2) is 43.8 Å². The maximum Gasteiger partial charge on any atom is 0.410 e. The number of halogens is 1. The molecule has 0 aromatic rings. The molecule has 2 rings (SSSR count). The molecule has 4 nitrogen and oxygen atoms in total. The van der Waals surface area contributed by atoms with E-state index in [1.807, 2.05) is 0 Å². The number of hydrogen-bond donors (Lipinski definition) is 1. The normalized spacial score (nSPS) is 21.9. The molecule has 0 atom stereocenters. The van der Waals surface area contributed by atoms with Gasteiger partial charge < -0.3 is 15.0 Å². The summed E-state index contributed by atoms with van der Waals surface area (Å²) in [7, 11) is 0. The fourth-order valence-corrected chi connectivity index (χ4v) is 2.39. The van der Waals surface area contributed by atoms with Gasteiger partial charge in [0.05, 0.1) is 0 Å². The van der Waals surface area contributed by atoms with Crippen molar-refractivity contribution in [1.29, 1.82) is 0 Å². The first kappa shape index (κ1) is 13.3. The average Bonchev–Trinajstić information content (AvgIpc) is 2.23. The van der Waals surface area contributed by atoms with Gasteiger partial charge in [0.1, 0.15) is 6.61 Å². The Morgan fingerprint density at radius 1 is 1.44 bits per heavy atom. The molecule has 1 spiro atoms. The van der Waals surface area contributed by atoms with E-state index in [1.165, 1.54) is 12.8 Å². The highest BCUT2D eigenvalue weighted by molar-refractivity contribution is 5.85. The highest BCUT2D eigenvalue weighted by Gasteiger charge is 2.45. The van der Waals surface area contributed by atoms with Gasteiger partial charge in [0.15, 0.2) is 0 Å².